The minimum absolute atomic E-state index is 0.189. The van der Waals surface area contributed by atoms with Crippen molar-refractivity contribution in [2.45, 2.75) is 45.1 Å². The fourth-order valence-corrected chi connectivity index (χ4v) is 2.72. The number of ether oxygens (including phenoxy) is 1. The number of hydrogen-bond acceptors (Lipinski definition) is 3. The van der Waals surface area contributed by atoms with E-state index in [9.17, 15) is 0 Å². The molecule has 2 unspecified atom stereocenters. The molecule has 0 aromatic heterocycles. The van der Waals surface area contributed by atoms with Gasteiger partial charge in [0.25, 0.3) is 0 Å². The normalized spacial score (nSPS) is 22.2. The van der Waals surface area contributed by atoms with Gasteiger partial charge in [0.2, 0.25) is 0 Å². The van der Waals surface area contributed by atoms with Crippen molar-refractivity contribution < 1.29 is 4.74 Å². The maximum atomic E-state index is 5.75. The van der Waals surface area contributed by atoms with E-state index in [1.807, 2.05) is 0 Å². The summed E-state index contributed by atoms with van der Waals surface area (Å²) in [5.74, 6) is 6.23. The molecule has 0 amide bonds. The van der Waals surface area contributed by atoms with Crippen LogP contribution >= 0.6 is 0 Å². The molecule has 3 N–H and O–H groups in total. The van der Waals surface area contributed by atoms with Gasteiger partial charge in [0.1, 0.15) is 0 Å². The first-order valence-corrected chi connectivity index (χ1v) is 7.16. The molecule has 0 saturated carbocycles. The second-order valence-corrected chi connectivity index (χ2v) is 6.49. The summed E-state index contributed by atoms with van der Waals surface area (Å²) in [5.41, 5.74) is 5.77. The molecule has 1 aromatic carbocycles. The standard InChI is InChI=1S/C16H26N2O/c1-16(2,3)14-8-6-12(7-9-14)15(18-17)13-5-4-10-19-11-13/h6-9,13,15,18H,4-5,10-11,17H2,1-3H3. The lowest BCUT2D eigenvalue weighted by Gasteiger charge is -2.30. The van der Waals surface area contributed by atoms with Gasteiger partial charge in [0.15, 0.2) is 0 Å². The molecule has 2 rings (SSSR count). The molecule has 3 nitrogen and oxygen atoms in total. The quantitative estimate of drug-likeness (QED) is 0.650. The van der Waals surface area contributed by atoms with Crippen LogP contribution in [-0.2, 0) is 10.2 Å². The van der Waals surface area contributed by atoms with Gasteiger partial charge in [-0.25, -0.2) is 0 Å². The lowest BCUT2D eigenvalue weighted by atomic mass is 9.84. The molecule has 3 heteroatoms. The van der Waals surface area contributed by atoms with Gasteiger partial charge >= 0.3 is 0 Å². The zero-order valence-corrected chi connectivity index (χ0v) is 12.3. The van der Waals surface area contributed by atoms with E-state index in [1.165, 1.54) is 17.5 Å². The molecule has 2 atom stereocenters. The highest BCUT2D eigenvalue weighted by molar-refractivity contribution is 5.29. The number of nitrogens with two attached hydrogens (primary N) is 1. The lowest BCUT2D eigenvalue weighted by Crippen LogP contribution is -2.37. The van der Waals surface area contributed by atoms with Crippen molar-refractivity contribution in [2.75, 3.05) is 13.2 Å². The van der Waals surface area contributed by atoms with Crippen LogP contribution in [0.15, 0.2) is 24.3 Å². The predicted octanol–water partition coefficient (Wildman–Crippen LogP) is 2.92. The van der Waals surface area contributed by atoms with Gasteiger partial charge in [-0.15, -0.1) is 0 Å². The Morgan fingerprint density at radius 2 is 1.95 bits per heavy atom. The summed E-state index contributed by atoms with van der Waals surface area (Å²) >= 11 is 0. The van der Waals surface area contributed by atoms with E-state index in [1.54, 1.807) is 0 Å². The van der Waals surface area contributed by atoms with E-state index < -0.39 is 0 Å². The van der Waals surface area contributed by atoms with Crippen LogP contribution < -0.4 is 11.3 Å². The van der Waals surface area contributed by atoms with Crippen molar-refractivity contribution in [3.05, 3.63) is 35.4 Å². The molecule has 0 aliphatic carbocycles. The van der Waals surface area contributed by atoms with E-state index in [0.717, 1.165) is 19.6 Å². The van der Waals surface area contributed by atoms with Crippen molar-refractivity contribution in [3.63, 3.8) is 0 Å². The molecule has 0 bridgehead atoms. The number of hydrazine groups is 1. The molecule has 0 radical (unpaired) electrons. The van der Waals surface area contributed by atoms with Crippen molar-refractivity contribution in [1.82, 2.24) is 5.43 Å². The number of nitrogens with one attached hydrogen (secondary N) is 1. The fourth-order valence-electron chi connectivity index (χ4n) is 2.72. The largest absolute Gasteiger partial charge is 0.381 e. The Labute approximate surface area is 116 Å². The van der Waals surface area contributed by atoms with Crippen LogP contribution in [0.5, 0.6) is 0 Å². The Morgan fingerprint density at radius 3 is 2.42 bits per heavy atom. The van der Waals surface area contributed by atoms with E-state index in [0.29, 0.717) is 5.92 Å². The van der Waals surface area contributed by atoms with Crippen LogP contribution in [0.4, 0.5) is 0 Å². The van der Waals surface area contributed by atoms with Crippen LogP contribution in [-0.4, -0.2) is 13.2 Å². The first-order chi connectivity index (χ1) is 9.02. The maximum absolute atomic E-state index is 5.75. The molecule has 1 heterocycles. The highest BCUT2D eigenvalue weighted by atomic mass is 16.5. The summed E-state index contributed by atoms with van der Waals surface area (Å²) in [6, 6.07) is 9.00. The second-order valence-electron chi connectivity index (χ2n) is 6.49. The van der Waals surface area contributed by atoms with Crippen molar-refractivity contribution in [2.24, 2.45) is 11.8 Å². The van der Waals surface area contributed by atoms with E-state index in [2.05, 4.69) is 50.5 Å². The monoisotopic (exact) mass is 262 g/mol. The third-order valence-corrected chi connectivity index (χ3v) is 3.98. The van der Waals surface area contributed by atoms with Crippen molar-refractivity contribution in [1.29, 1.82) is 0 Å². The average Bonchev–Trinajstić information content (AvgIpc) is 2.40. The van der Waals surface area contributed by atoms with Crippen LogP contribution in [0.25, 0.3) is 0 Å². The topological polar surface area (TPSA) is 47.3 Å². The van der Waals surface area contributed by atoms with Gasteiger partial charge < -0.3 is 4.74 Å². The molecular formula is C16H26N2O. The smallest absolute Gasteiger partial charge is 0.0513 e. The third-order valence-electron chi connectivity index (χ3n) is 3.98. The summed E-state index contributed by atoms with van der Waals surface area (Å²) in [5, 5.41) is 0. The molecule has 19 heavy (non-hydrogen) atoms. The molecular weight excluding hydrogens is 236 g/mol. The highest BCUT2D eigenvalue weighted by Gasteiger charge is 2.25. The summed E-state index contributed by atoms with van der Waals surface area (Å²) in [6.07, 6.45) is 2.30. The van der Waals surface area contributed by atoms with Gasteiger partial charge in [0.05, 0.1) is 12.6 Å². The SMILES string of the molecule is CC(C)(C)c1ccc(C(NN)C2CCCOC2)cc1. The van der Waals surface area contributed by atoms with Crippen LogP contribution in [0.2, 0.25) is 0 Å². The van der Waals surface area contributed by atoms with Crippen LogP contribution in [0.1, 0.15) is 50.8 Å². The first-order valence-electron chi connectivity index (χ1n) is 7.16. The molecule has 1 aliphatic rings. The molecule has 106 valence electrons. The molecule has 1 aromatic rings. The third kappa shape index (κ3) is 3.56. The molecule has 0 spiro atoms. The van der Waals surface area contributed by atoms with Gasteiger partial charge in [-0.3, -0.25) is 11.3 Å². The summed E-state index contributed by atoms with van der Waals surface area (Å²) in [6.45, 7) is 8.38. The van der Waals surface area contributed by atoms with Gasteiger partial charge in [0, 0.05) is 12.5 Å². The molecule has 1 saturated heterocycles. The first kappa shape index (κ1) is 14.5. The Morgan fingerprint density at radius 1 is 1.26 bits per heavy atom. The minimum Gasteiger partial charge on any atom is -0.381 e. The molecule has 1 fully saturated rings. The second kappa shape index (κ2) is 6.04. The summed E-state index contributed by atoms with van der Waals surface area (Å²) in [7, 11) is 0. The minimum atomic E-state index is 0.189. The summed E-state index contributed by atoms with van der Waals surface area (Å²) in [4.78, 5) is 0. The van der Waals surface area contributed by atoms with Crippen molar-refractivity contribution in [3.8, 4) is 0 Å². The number of hydrogen-bond donors (Lipinski definition) is 2. The van der Waals surface area contributed by atoms with Crippen LogP contribution in [0, 0.1) is 5.92 Å². The van der Waals surface area contributed by atoms with Gasteiger partial charge in [-0.05, 0) is 29.4 Å². The molecule has 1 aliphatic heterocycles. The van der Waals surface area contributed by atoms with E-state index in [-0.39, 0.29) is 11.5 Å². The number of benzene rings is 1. The number of rotatable bonds is 3. The Balaban J connectivity index is 2.14. The maximum Gasteiger partial charge on any atom is 0.0513 e. The zero-order valence-electron chi connectivity index (χ0n) is 12.3. The Hall–Kier alpha value is -0.900. The van der Waals surface area contributed by atoms with E-state index >= 15 is 0 Å². The predicted molar refractivity (Wildman–Crippen MR) is 78.7 cm³/mol. The Bertz CT molecular complexity index is 388. The van der Waals surface area contributed by atoms with Crippen molar-refractivity contribution >= 4 is 0 Å². The van der Waals surface area contributed by atoms with Gasteiger partial charge in [-0.1, -0.05) is 45.0 Å². The lowest BCUT2D eigenvalue weighted by molar-refractivity contribution is 0.0390. The van der Waals surface area contributed by atoms with E-state index in [4.69, 9.17) is 10.6 Å². The Kier molecular flexibility index (Phi) is 4.61. The summed E-state index contributed by atoms with van der Waals surface area (Å²) < 4.78 is 5.57. The average molecular weight is 262 g/mol. The zero-order chi connectivity index (χ0) is 13.9. The van der Waals surface area contributed by atoms with Gasteiger partial charge in [-0.2, -0.15) is 0 Å². The highest BCUT2D eigenvalue weighted by Crippen LogP contribution is 2.30. The fraction of sp³-hybridized carbons (Fsp3) is 0.625. The van der Waals surface area contributed by atoms with Crippen LogP contribution in [0.3, 0.4) is 0 Å².